The van der Waals surface area contributed by atoms with Gasteiger partial charge >= 0.3 is 0 Å². The van der Waals surface area contributed by atoms with E-state index in [1.807, 2.05) is 25.2 Å². The van der Waals surface area contributed by atoms with Crippen LogP contribution in [0.25, 0.3) is 0 Å². The first-order valence-corrected chi connectivity index (χ1v) is 9.17. The Morgan fingerprint density at radius 2 is 2.08 bits per heavy atom. The van der Waals surface area contributed by atoms with Crippen molar-refractivity contribution in [2.24, 2.45) is 5.92 Å². The van der Waals surface area contributed by atoms with Crippen LogP contribution in [0.15, 0.2) is 36.7 Å². The predicted octanol–water partition coefficient (Wildman–Crippen LogP) is 2.89. The summed E-state index contributed by atoms with van der Waals surface area (Å²) in [7, 11) is 3.72. The number of rotatable bonds is 6. The quantitative estimate of drug-likeness (QED) is 0.859. The topological polar surface area (TPSA) is 61.7 Å². The van der Waals surface area contributed by atoms with Crippen molar-refractivity contribution < 1.29 is 9.84 Å². The van der Waals surface area contributed by atoms with Gasteiger partial charge < -0.3 is 19.6 Å². The summed E-state index contributed by atoms with van der Waals surface area (Å²) in [4.78, 5) is 13.3. The van der Waals surface area contributed by atoms with Gasteiger partial charge in [-0.05, 0) is 43.4 Å². The van der Waals surface area contributed by atoms with Crippen LogP contribution in [0, 0.1) is 5.92 Å². The molecule has 3 rings (SSSR count). The minimum Gasteiger partial charge on any atom is -0.497 e. The molecule has 1 fully saturated rings. The van der Waals surface area contributed by atoms with Crippen LogP contribution in [0.5, 0.6) is 5.75 Å². The van der Waals surface area contributed by atoms with E-state index in [0.717, 1.165) is 43.3 Å². The number of aromatic nitrogens is 2. The van der Waals surface area contributed by atoms with Gasteiger partial charge in [0, 0.05) is 32.8 Å². The van der Waals surface area contributed by atoms with Crippen molar-refractivity contribution in [3.63, 3.8) is 0 Å². The molecule has 2 heterocycles. The highest BCUT2D eigenvalue weighted by atomic mass is 16.5. The van der Waals surface area contributed by atoms with Gasteiger partial charge in [-0.3, -0.25) is 0 Å². The molecule has 2 aromatic rings. The van der Waals surface area contributed by atoms with E-state index in [2.05, 4.69) is 38.8 Å². The lowest BCUT2D eigenvalue weighted by atomic mass is 9.99. The highest BCUT2D eigenvalue weighted by Crippen LogP contribution is 2.28. The molecule has 0 radical (unpaired) electrons. The summed E-state index contributed by atoms with van der Waals surface area (Å²) in [5.74, 6) is 3.01. The second kappa shape index (κ2) is 8.36. The second-order valence-corrected chi connectivity index (χ2v) is 6.93. The van der Waals surface area contributed by atoms with Gasteiger partial charge in [0.1, 0.15) is 23.7 Å². The highest BCUT2D eigenvalue weighted by Gasteiger charge is 2.21. The molecule has 0 spiro atoms. The van der Waals surface area contributed by atoms with E-state index in [0.29, 0.717) is 5.92 Å². The largest absolute Gasteiger partial charge is 0.497 e. The van der Waals surface area contributed by atoms with Crippen molar-refractivity contribution >= 4 is 11.6 Å². The number of aliphatic hydroxyl groups is 1. The first kappa shape index (κ1) is 18.5. The van der Waals surface area contributed by atoms with E-state index >= 15 is 0 Å². The maximum Gasteiger partial charge on any atom is 0.134 e. The molecule has 0 amide bonds. The summed E-state index contributed by atoms with van der Waals surface area (Å²) < 4.78 is 5.24. The zero-order valence-electron chi connectivity index (χ0n) is 15.8. The number of hydrogen-bond acceptors (Lipinski definition) is 6. The number of benzene rings is 1. The number of piperidine rings is 1. The Kier molecular flexibility index (Phi) is 5.93. The SMILES string of the molecule is COc1ccc(C(C)N(C)c2cc(N3CCCC(CO)C3)ncn2)cc1. The van der Waals surface area contributed by atoms with Crippen LogP contribution < -0.4 is 14.5 Å². The van der Waals surface area contributed by atoms with Gasteiger partial charge in [-0.2, -0.15) is 0 Å². The Bertz CT molecular complexity index is 707. The fraction of sp³-hybridized carbons (Fsp3) is 0.500. The Labute approximate surface area is 155 Å². The van der Waals surface area contributed by atoms with Crippen molar-refractivity contribution in [2.45, 2.75) is 25.8 Å². The van der Waals surface area contributed by atoms with Gasteiger partial charge in [-0.1, -0.05) is 12.1 Å². The molecule has 140 valence electrons. The van der Waals surface area contributed by atoms with Crippen molar-refractivity contribution in [3.05, 3.63) is 42.2 Å². The lowest BCUT2D eigenvalue weighted by Crippen LogP contribution is -2.37. The molecule has 1 aromatic carbocycles. The van der Waals surface area contributed by atoms with Crippen LogP contribution in [0.3, 0.4) is 0 Å². The van der Waals surface area contributed by atoms with Gasteiger partial charge in [0.05, 0.1) is 13.2 Å². The Morgan fingerprint density at radius 1 is 1.31 bits per heavy atom. The minimum absolute atomic E-state index is 0.176. The average Bonchev–Trinajstić information content (AvgIpc) is 2.73. The first-order chi connectivity index (χ1) is 12.6. The van der Waals surface area contributed by atoms with Crippen LogP contribution in [0.4, 0.5) is 11.6 Å². The zero-order chi connectivity index (χ0) is 18.5. The third-order valence-electron chi connectivity index (χ3n) is 5.28. The number of ether oxygens (including phenoxy) is 1. The van der Waals surface area contributed by atoms with E-state index in [4.69, 9.17) is 4.74 Å². The summed E-state index contributed by atoms with van der Waals surface area (Å²) >= 11 is 0. The van der Waals surface area contributed by atoms with Crippen LogP contribution >= 0.6 is 0 Å². The maximum atomic E-state index is 9.46. The highest BCUT2D eigenvalue weighted by molar-refractivity contribution is 5.51. The second-order valence-electron chi connectivity index (χ2n) is 6.93. The van der Waals surface area contributed by atoms with Gasteiger partial charge in [0.2, 0.25) is 0 Å². The molecule has 1 saturated heterocycles. The molecule has 2 unspecified atom stereocenters. The summed E-state index contributed by atoms with van der Waals surface area (Å²) in [6, 6.07) is 10.3. The summed E-state index contributed by atoms with van der Waals surface area (Å²) in [6.07, 6.45) is 3.80. The zero-order valence-corrected chi connectivity index (χ0v) is 15.8. The first-order valence-electron chi connectivity index (χ1n) is 9.17. The molecule has 6 heteroatoms. The molecule has 6 nitrogen and oxygen atoms in total. The molecule has 26 heavy (non-hydrogen) atoms. The van der Waals surface area contributed by atoms with Crippen LogP contribution in [0.2, 0.25) is 0 Å². The summed E-state index contributed by atoms with van der Waals surface area (Å²) in [5.41, 5.74) is 1.20. The standard InChI is InChI=1S/C20H28N4O2/c1-15(17-6-8-18(26-3)9-7-17)23(2)19-11-20(22-14-21-19)24-10-4-5-16(12-24)13-25/h6-9,11,14-16,25H,4-5,10,12-13H2,1-3H3. The molecule has 0 saturated carbocycles. The van der Waals surface area contributed by atoms with E-state index in [-0.39, 0.29) is 12.6 Å². The van der Waals surface area contributed by atoms with Crippen molar-refractivity contribution in [1.82, 2.24) is 9.97 Å². The average molecular weight is 356 g/mol. The normalized spacial score (nSPS) is 18.5. The molecule has 2 atom stereocenters. The van der Waals surface area contributed by atoms with Crippen molar-refractivity contribution in [3.8, 4) is 5.75 Å². The van der Waals surface area contributed by atoms with Crippen LogP contribution in [-0.2, 0) is 0 Å². The summed E-state index contributed by atoms with van der Waals surface area (Å²) in [5, 5.41) is 9.46. The number of hydrogen-bond donors (Lipinski definition) is 1. The molecule has 1 aliphatic rings. The molecule has 1 aromatic heterocycles. The number of nitrogens with zero attached hydrogens (tertiary/aromatic N) is 4. The lowest BCUT2D eigenvalue weighted by Gasteiger charge is -2.33. The van der Waals surface area contributed by atoms with E-state index in [1.165, 1.54) is 5.56 Å². The van der Waals surface area contributed by atoms with E-state index < -0.39 is 0 Å². The molecule has 0 bridgehead atoms. The Balaban J connectivity index is 1.75. The van der Waals surface area contributed by atoms with Gasteiger partial charge in [-0.25, -0.2) is 9.97 Å². The number of anilines is 2. The van der Waals surface area contributed by atoms with E-state index in [1.54, 1.807) is 13.4 Å². The number of methoxy groups -OCH3 is 1. The summed E-state index contributed by atoms with van der Waals surface area (Å²) in [6.45, 7) is 4.23. The fourth-order valence-electron chi connectivity index (χ4n) is 3.43. The molecule has 1 aliphatic heterocycles. The van der Waals surface area contributed by atoms with Crippen molar-refractivity contribution in [1.29, 1.82) is 0 Å². The molecular formula is C20H28N4O2. The monoisotopic (exact) mass is 356 g/mol. The fourth-order valence-corrected chi connectivity index (χ4v) is 3.43. The van der Waals surface area contributed by atoms with Gasteiger partial charge in [-0.15, -0.1) is 0 Å². The smallest absolute Gasteiger partial charge is 0.134 e. The van der Waals surface area contributed by atoms with Crippen LogP contribution in [0.1, 0.15) is 31.4 Å². The molecule has 1 N–H and O–H groups in total. The van der Waals surface area contributed by atoms with E-state index in [9.17, 15) is 5.11 Å². The molecular weight excluding hydrogens is 328 g/mol. The number of aliphatic hydroxyl groups excluding tert-OH is 1. The third kappa shape index (κ3) is 4.07. The Morgan fingerprint density at radius 3 is 2.77 bits per heavy atom. The Hall–Kier alpha value is -2.34. The predicted molar refractivity (Wildman–Crippen MR) is 104 cm³/mol. The van der Waals surface area contributed by atoms with Crippen molar-refractivity contribution in [2.75, 3.05) is 43.7 Å². The third-order valence-corrected chi connectivity index (χ3v) is 5.28. The minimum atomic E-state index is 0.176. The maximum absolute atomic E-state index is 9.46. The lowest BCUT2D eigenvalue weighted by molar-refractivity contribution is 0.208. The van der Waals surface area contributed by atoms with Gasteiger partial charge in [0.15, 0.2) is 0 Å². The molecule has 0 aliphatic carbocycles. The van der Waals surface area contributed by atoms with Gasteiger partial charge in [0.25, 0.3) is 0 Å². The van der Waals surface area contributed by atoms with Crippen LogP contribution in [-0.4, -0.2) is 48.9 Å².